The van der Waals surface area contributed by atoms with Crippen molar-refractivity contribution in [1.82, 2.24) is 4.90 Å². The molecule has 44 heavy (non-hydrogen) atoms. The Bertz CT molecular complexity index is 1760. The van der Waals surface area contributed by atoms with Gasteiger partial charge in [0.05, 0.1) is 17.0 Å². The van der Waals surface area contributed by atoms with E-state index in [2.05, 4.69) is 10.2 Å². The number of piperazine rings is 1. The number of nitrogens with one attached hydrogen (secondary N) is 1. The molecular weight excluding hydrogens is 554 g/mol. The van der Waals surface area contributed by atoms with Crippen LogP contribution in [0.1, 0.15) is 67.7 Å². The molecule has 8 nitrogen and oxygen atoms in total. The minimum absolute atomic E-state index is 0.0722. The molecule has 2 heterocycles. The van der Waals surface area contributed by atoms with E-state index in [9.17, 15) is 14.4 Å². The highest BCUT2D eigenvalue weighted by molar-refractivity contribution is 5.96. The lowest BCUT2D eigenvalue weighted by Gasteiger charge is -2.35. The summed E-state index contributed by atoms with van der Waals surface area (Å²) in [5.74, 6) is 0.227. The van der Waals surface area contributed by atoms with E-state index in [0.29, 0.717) is 46.6 Å². The van der Waals surface area contributed by atoms with Gasteiger partial charge in [-0.05, 0) is 89.6 Å². The van der Waals surface area contributed by atoms with E-state index in [0.717, 1.165) is 35.5 Å². The number of amides is 1. The van der Waals surface area contributed by atoms with Gasteiger partial charge in [-0.25, -0.2) is 4.79 Å². The van der Waals surface area contributed by atoms with Crippen LogP contribution in [0.5, 0.6) is 0 Å². The molecule has 0 spiro atoms. The molecule has 1 atom stereocenters. The van der Waals surface area contributed by atoms with Crippen LogP contribution in [0.3, 0.4) is 0 Å². The van der Waals surface area contributed by atoms with E-state index in [4.69, 9.17) is 9.15 Å². The molecule has 8 heteroatoms. The second-order valence-electron chi connectivity index (χ2n) is 12.6. The number of ether oxygens (including phenoxy) is 1. The van der Waals surface area contributed by atoms with Crippen molar-refractivity contribution < 1.29 is 18.7 Å². The second kappa shape index (κ2) is 12.2. The zero-order valence-electron chi connectivity index (χ0n) is 26.6. The Morgan fingerprint density at radius 3 is 2.25 bits per heavy atom. The number of benzene rings is 3. The third-order valence-corrected chi connectivity index (χ3v) is 8.00. The first-order chi connectivity index (χ1) is 20.8. The fraction of sp³-hybridized carbons (Fsp3) is 0.361. The minimum Gasteiger partial charge on any atom is -0.456 e. The number of esters is 1. The Kier molecular flexibility index (Phi) is 8.55. The van der Waals surface area contributed by atoms with Crippen molar-refractivity contribution in [1.29, 1.82) is 0 Å². The summed E-state index contributed by atoms with van der Waals surface area (Å²) in [7, 11) is 0. The number of anilines is 2. The van der Waals surface area contributed by atoms with Crippen LogP contribution in [-0.4, -0.2) is 48.6 Å². The average Bonchev–Trinajstić information content (AvgIpc) is 2.98. The Morgan fingerprint density at radius 1 is 0.955 bits per heavy atom. The van der Waals surface area contributed by atoms with Crippen LogP contribution in [0.15, 0.2) is 69.9 Å². The predicted octanol–water partition coefficient (Wildman–Crippen LogP) is 6.87. The Labute approximate surface area is 258 Å². The van der Waals surface area contributed by atoms with Crippen LogP contribution in [0.25, 0.3) is 22.3 Å². The highest BCUT2D eigenvalue weighted by Gasteiger charge is 2.24. The molecule has 4 aromatic rings. The number of rotatable bonds is 6. The molecule has 230 valence electrons. The highest BCUT2D eigenvalue weighted by Crippen LogP contribution is 2.34. The first-order valence-electron chi connectivity index (χ1n) is 15.1. The third kappa shape index (κ3) is 6.49. The maximum Gasteiger partial charge on any atom is 0.340 e. The van der Waals surface area contributed by atoms with E-state index in [1.54, 1.807) is 19.9 Å². The summed E-state index contributed by atoms with van der Waals surface area (Å²) in [4.78, 5) is 42.5. The van der Waals surface area contributed by atoms with E-state index >= 15 is 0 Å². The van der Waals surface area contributed by atoms with Gasteiger partial charge in [-0.15, -0.1) is 0 Å². The van der Waals surface area contributed by atoms with Crippen molar-refractivity contribution in [2.24, 2.45) is 0 Å². The first-order valence-corrected chi connectivity index (χ1v) is 15.1. The fourth-order valence-electron chi connectivity index (χ4n) is 5.70. The van der Waals surface area contributed by atoms with E-state index in [1.165, 1.54) is 0 Å². The van der Waals surface area contributed by atoms with E-state index in [-0.39, 0.29) is 17.4 Å². The summed E-state index contributed by atoms with van der Waals surface area (Å²) in [6.07, 6.45) is 0. The Balaban J connectivity index is 1.48. The van der Waals surface area contributed by atoms with Crippen LogP contribution < -0.4 is 15.6 Å². The lowest BCUT2D eigenvalue weighted by molar-refractivity contribution is -0.129. The number of carbonyl (C=O) groups is 2. The molecule has 0 aliphatic carbocycles. The molecule has 0 radical (unpaired) electrons. The molecule has 1 aliphatic rings. The molecule has 0 bridgehead atoms. The van der Waals surface area contributed by atoms with Gasteiger partial charge in [0.1, 0.15) is 16.9 Å². The molecule has 5 rings (SSSR count). The SMILES string of the molecule is CC(=O)N1CCN(c2ccc(-c3oc4c(C(C)Nc5ccccc5C(=O)OC(C)(C)C)cc(C)cc4c(=O)c3C)cc2)CC1. The zero-order valence-corrected chi connectivity index (χ0v) is 26.6. The van der Waals surface area contributed by atoms with Gasteiger partial charge >= 0.3 is 5.97 Å². The van der Waals surface area contributed by atoms with Crippen LogP contribution in [0, 0.1) is 13.8 Å². The highest BCUT2D eigenvalue weighted by atomic mass is 16.6. The number of hydrogen-bond donors (Lipinski definition) is 1. The van der Waals surface area contributed by atoms with Crippen LogP contribution >= 0.6 is 0 Å². The van der Waals surface area contributed by atoms with Crippen LogP contribution in [-0.2, 0) is 9.53 Å². The topological polar surface area (TPSA) is 92.1 Å². The van der Waals surface area contributed by atoms with Crippen molar-refractivity contribution in [3.8, 4) is 11.3 Å². The number of nitrogens with zero attached hydrogens (tertiary/aromatic N) is 2. The van der Waals surface area contributed by atoms with Gasteiger partial charge in [-0.2, -0.15) is 0 Å². The van der Waals surface area contributed by atoms with Crippen molar-refractivity contribution >= 4 is 34.2 Å². The van der Waals surface area contributed by atoms with Crippen molar-refractivity contribution in [2.75, 3.05) is 36.4 Å². The van der Waals surface area contributed by atoms with Gasteiger partial charge in [-0.1, -0.05) is 18.2 Å². The monoisotopic (exact) mass is 595 g/mol. The third-order valence-electron chi connectivity index (χ3n) is 8.00. The van der Waals surface area contributed by atoms with Crippen molar-refractivity contribution in [2.45, 2.75) is 60.1 Å². The number of para-hydroxylation sites is 1. The molecule has 1 unspecified atom stereocenters. The summed E-state index contributed by atoms with van der Waals surface area (Å²) in [6, 6.07) is 18.9. The molecule has 3 aromatic carbocycles. The molecule has 1 aromatic heterocycles. The maximum absolute atomic E-state index is 13.7. The first kappa shape index (κ1) is 30.9. The molecule has 0 saturated carbocycles. The normalized spacial score (nSPS) is 14.4. The summed E-state index contributed by atoms with van der Waals surface area (Å²) >= 11 is 0. The van der Waals surface area contributed by atoms with Crippen molar-refractivity contribution in [3.63, 3.8) is 0 Å². The molecule has 1 amide bonds. The Morgan fingerprint density at radius 2 is 1.61 bits per heavy atom. The lowest BCUT2D eigenvalue weighted by Crippen LogP contribution is -2.48. The summed E-state index contributed by atoms with van der Waals surface area (Å²) in [5.41, 5.74) is 5.08. The molecule has 1 aliphatic heterocycles. The largest absolute Gasteiger partial charge is 0.456 e. The minimum atomic E-state index is -0.622. The van der Waals surface area contributed by atoms with Crippen LogP contribution in [0.2, 0.25) is 0 Å². The number of fused-ring (bicyclic) bond motifs is 1. The van der Waals surface area contributed by atoms with Gasteiger partial charge in [0.2, 0.25) is 5.91 Å². The molecule has 1 fully saturated rings. The van der Waals surface area contributed by atoms with Gasteiger partial charge in [0.15, 0.2) is 5.43 Å². The molecular formula is C36H41N3O5. The Hall–Kier alpha value is -4.59. The maximum atomic E-state index is 13.7. The quantitative estimate of drug-likeness (QED) is 0.243. The van der Waals surface area contributed by atoms with Crippen LogP contribution in [0.4, 0.5) is 11.4 Å². The standard InChI is InChI=1S/C36H41N3O5/c1-22-20-29(24(3)37-31-11-9-8-10-28(31)35(42)44-36(5,6)7)34-30(21-22)32(41)23(2)33(43-34)26-12-14-27(15-13-26)39-18-16-38(17-19-39)25(4)40/h8-15,20-21,24,37H,16-19H2,1-7H3. The molecule has 1 saturated heterocycles. The smallest absolute Gasteiger partial charge is 0.340 e. The lowest BCUT2D eigenvalue weighted by atomic mass is 9.98. The second-order valence-corrected chi connectivity index (χ2v) is 12.6. The summed E-state index contributed by atoms with van der Waals surface area (Å²) < 4.78 is 12.2. The van der Waals surface area contributed by atoms with E-state index < -0.39 is 11.6 Å². The van der Waals surface area contributed by atoms with E-state index in [1.807, 2.05) is 94.1 Å². The fourth-order valence-corrected chi connectivity index (χ4v) is 5.70. The zero-order chi connectivity index (χ0) is 31.8. The number of carbonyl (C=O) groups excluding carboxylic acids is 2. The predicted molar refractivity (Wildman–Crippen MR) is 176 cm³/mol. The van der Waals surface area contributed by atoms with Gasteiger partial charge in [0.25, 0.3) is 0 Å². The van der Waals surface area contributed by atoms with Gasteiger partial charge in [0, 0.05) is 61.2 Å². The summed E-state index contributed by atoms with van der Waals surface area (Å²) in [6.45, 7) is 15.8. The number of hydrogen-bond acceptors (Lipinski definition) is 7. The molecule has 1 N–H and O–H groups in total. The number of aryl methyl sites for hydroxylation is 1. The summed E-state index contributed by atoms with van der Waals surface area (Å²) in [5, 5.41) is 3.99. The van der Waals surface area contributed by atoms with Gasteiger partial charge in [-0.3, -0.25) is 9.59 Å². The van der Waals surface area contributed by atoms with Gasteiger partial charge < -0.3 is 24.3 Å². The van der Waals surface area contributed by atoms with Crippen molar-refractivity contribution in [3.05, 3.63) is 93.1 Å². The average molecular weight is 596 g/mol.